The fourth-order valence-corrected chi connectivity index (χ4v) is 5.42. The molecule has 2 heterocycles. The van der Waals surface area contributed by atoms with Gasteiger partial charge in [-0.2, -0.15) is 17.0 Å². The van der Waals surface area contributed by atoms with Crippen LogP contribution in [0.4, 0.5) is 0 Å². The second-order valence-corrected chi connectivity index (χ2v) is 8.26. The lowest BCUT2D eigenvalue weighted by Gasteiger charge is -2.36. The Bertz CT molecular complexity index is 399. The number of alkyl halides is 1. The van der Waals surface area contributed by atoms with Crippen LogP contribution >= 0.6 is 11.6 Å². The number of piperidine rings is 1. The molecule has 112 valence electrons. The summed E-state index contributed by atoms with van der Waals surface area (Å²) >= 11 is 5.94. The number of rotatable bonds is 4. The van der Waals surface area contributed by atoms with Crippen molar-refractivity contribution in [1.82, 2.24) is 8.61 Å². The highest BCUT2D eigenvalue weighted by atomic mass is 35.5. The summed E-state index contributed by atoms with van der Waals surface area (Å²) in [7, 11) is -3.31. The molecule has 0 aliphatic carbocycles. The topological polar surface area (TPSA) is 40.6 Å². The van der Waals surface area contributed by atoms with Gasteiger partial charge in [0.1, 0.15) is 0 Å². The van der Waals surface area contributed by atoms with Gasteiger partial charge in [0.15, 0.2) is 0 Å². The minimum Gasteiger partial charge on any atom is -0.195 e. The van der Waals surface area contributed by atoms with Crippen molar-refractivity contribution in [2.75, 3.05) is 25.5 Å². The zero-order valence-corrected chi connectivity index (χ0v) is 13.5. The maximum Gasteiger partial charge on any atom is 0.282 e. The molecule has 2 unspecified atom stereocenters. The molecule has 0 bridgehead atoms. The molecule has 2 aliphatic rings. The fourth-order valence-electron chi connectivity index (χ4n) is 3.09. The van der Waals surface area contributed by atoms with E-state index in [1.54, 1.807) is 8.61 Å². The first-order valence-corrected chi connectivity index (χ1v) is 9.23. The second kappa shape index (κ2) is 6.29. The Morgan fingerprint density at radius 2 is 1.95 bits per heavy atom. The lowest BCUT2D eigenvalue weighted by Crippen LogP contribution is -2.50. The molecule has 0 N–H and O–H groups in total. The normalized spacial score (nSPS) is 31.2. The minimum absolute atomic E-state index is 0.0153. The third kappa shape index (κ3) is 3.26. The first-order chi connectivity index (χ1) is 8.96. The predicted octanol–water partition coefficient (Wildman–Crippen LogP) is 2.30. The maximum atomic E-state index is 12.7. The molecule has 19 heavy (non-hydrogen) atoms. The summed E-state index contributed by atoms with van der Waals surface area (Å²) < 4.78 is 28.8. The highest BCUT2D eigenvalue weighted by Gasteiger charge is 2.39. The lowest BCUT2D eigenvalue weighted by molar-refractivity contribution is 0.250. The van der Waals surface area contributed by atoms with Crippen LogP contribution in [-0.4, -0.2) is 48.6 Å². The van der Waals surface area contributed by atoms with E-state index in [1.807, 2.05) is 0 Å². The predicted molar refractivity (Wildman–Crippen MR) is 78.5 cm³/mol. The second-order valence-electron chi connectivity index (χ2n) is 6.07. The molecule has 0 aromatic heterocycles. The Morgan fingerprint density at radius 1 is 1.21 bits per heavy atom. The van der Waals surface area contributed by atoms with Gasteiger partial charge in [0, 0.05) is 31.6 Å². The minimum atomic E-state index is -3.31. The molecule has 2 atom stereocenters. The van der Waals surface area contributed by atoms with E-state index in [4.69, 9.17) is 11.6 Å². The van der Waals surface area contributed by atoms with E-state index in [0.717, 1.165) is 25.7 Å². The maximum absolute atomic E-state index is 12.7. The average molecular weight is 309 g/mol. The summed E-state index contributed by atoms with van der Waals surface area (Å²) in [5.74, 6) is 1.44. The van der Waals surface area contributed by atoms with Crippen LogP contribution in [-0.2, 0) is 10.2 Å². The quantitative estimate of drug-likeness (QED) is 0.748. The van der Waals surface area contributed by atoms with E-state index in [0.29, 0.717) is 37.4 Å². The third-order valence-electron chi connectivity index (χ3n) is 4.50. The first kappa shape index (κ1) is 15.5. The van der Waals surface area contributed by atoms with E-state index in [1.165, 1.54) is 0 Å². The van der Waals surface area contributed by atoms with Gasteiger partial charge in [-0.05, 0) is 31.1 Å². The average Bonchev–Trinajstić information content (AvgIpc) is 2.89. The van der Waals surface area contributed by atoms with Crippen molar-refractivity contribution in [3.63, 3.8) is 0 Å². The number of hydrogen-bond donors (Lipinski definition) is 0. The zero-order chi connectivity index (χ0) is 14.0. The van der Waals surface area contributed by atoms with E-state index in [2.05, 4.69) is 13.8 Å². The van der Waals surface area contributed by atoms with E-state index in [-0.39, 0.29) is 6.04 Å². The Hall–Kier alpha value is 0.160. The van der Waals surface area contributed by atoms with Gasteiger partial charge in [-0.15, -0.1) is 11.6 Å². The van der Waals surface area contributed by atoms with Gasteiger partial charge >= 0.3 is 0 Å². The molecule has 2 aliphatic heterocycles. The van der Waals surface area contributed by atoms with Crippen molar-refractivity contribution in [1.29, 1.82) is 0 Å². The molecule has 0 aromatic carbocycles. The molecular formula is C13H25ClN2O2S. The van der Waals surface area contributed by atoms with Crippen molar-refractivity contribution in [3.05, 3.63) is 0 Å². The van der Waals surface area contributed by atoms with Gasteiger partial charge in [0.05, 0.1) is 0 Å². The van der Waals surface area contributed by atoms with Gasteiger partial charge in [-0.25, -0.2) is 0 Å². The van der Waals surface area contributed by atoms with Crippen LogP contribution in [0.3, 0.4) is 0 Å². The summed E-state index contributed by atoms with van der Waals surface area (Å²) in [4.78, 5) is 0. The molecule has 2 rings (SSSR count). The Balaban J connectivity index is 2.09. The van der Waals surface area contributed by atoms with Gasteiger partial charge in [0.25, 0.3) is 10.2 Å². The monoisotopic (exact) mass is 308 g/mol. The third-order valence-corrected chi connectivity index (χ3v) is 6.92. The number of hydrogen-bond acceptors (Lipinski definition) is 2. The Morgan fingerprint density at radius 3 is 2.53 bits per heavy atom. The SMILES string of the molecule is CC(C)C1CCN(S(=O)(=O)N2CCCCC2CCl)C1. The molecule has 2 saturated heterocycles. The van der Waals surface area contributed by atoms with Crippen molar-refractivity contribution in [3.8, 4) is 0 Å². The Labute approximate surface area is 122 Å². The van der Waals surface area contributed by atoms with Gasteiger partial charge < -0.3 is 0 Å². The molecule has 6 heteroatoms. The summed E-state index contributed by atoms with van der Waals surface area (Å²) in [5.41, 5.74) is 0. The Kier molecular flexibility index (Phi) is 5.15. The lowest BCUT2D eigenvalue weighted by atomic mass is 9.96. The molecule has 4 nitrogen and oxygen atoms in total. The molecule has 0 amide bonds. The largest absolute Gasteiger partial charge is 0.282 e. The number of halogens is 1. The zero-order valence-electron chi connectivity index (χ0n) is 11.9. The fraction of sp³-hybridized carbons (Fsp3) is 1.00. The van der Waals surface area contributed by atoms with Crippen LogP contribution in [0.5, 0.6) is 0 Å². The first-order valence-electron chi connectivity index (χ1n) is 7.29. The molecule has 0 spiro atoms. The van der Waals surface area contributed by atoms with Crippen LogP contribution in [0, 0.1) is 11.8 Å². The number of nitrogens with zero attached hydrogens (tertiary/aromatic N) is 2. The molecule has 2 fully saturated rings. The van der Waals surface area contributed by atoms with Gasteiger partial charge in [-0.3, -0.25) is 0 Å². The van der Waals surface area contributed by atoms with Crippen LogP contribution in [0.25, 0.3) is 0 Å². The van der Waals surface area contributed by atoms with E-state index >= 15 is 0 Å². The van der Waals surface area contributed by atoms with Crippen molar-refractivity contribution in [2.24, 2.45) is 11.8 Å². The molecule has 0 radical (unpaired) electrons. The van der Waals surface area contributed by atoms with Gasteiger partial charge in [-0.1, -0.05) is 20.3 Å². The van der Waals surface area contributed by atoms with Crippen molar-refractivity contribution >= 4 is 21.8 Å². The van der Waals surface area contributed by atoms with Crippen LogP contribution in [0.1, 0.15) is 39.5 Å². The molecule has 0 aromatic rings. The van der Waals surface area contributed by atoms with Crippen molar-refractivity contribution < 1.29 is 8.42 Å². The summed E-state index contributed by atoms with van der Waals surface area (Å²) in [6, 6.07) is -0.0153. The summed E-state index contributed by atoms with van der Waals surface area (Å²) in [6.45, 7) is 6.30. The molecule has 0 saturated carbocycles. The highest BCUT2D eigenvalue weighted by molar-refractivity contribution is 7.86. The smallest absolute Gasteiger partial charge is 0.195 e. The van der Waals surface area contributed by atoms with E-state index in [9.17, 15) is 8.42 Å². The van der Waals surface area contributed by atoms with Crippen LogP contribution in [0.15, 0.2) is 0 Å². The van der Waals surface area contributed by atoms with Gasteiger partial charge in [0.2, 0.25) is 0 Å². The van der Waals surface area contributed by atoms with Crippen LogP contribution < -0.4 is 0 Å². The van der Waals surface area contributed by atoms with E-state index < -0.39 is 10.2 Å². The van der Waals surface area contributed by atoms with Crippen LogP contribution in [0.2, 0.25) is 0 Å². The summed E-state index contributed by atoms with van der Waals surface area (Å²) in [6.07, 6.45) is 3.91. The summed E-state index contributed by atoms with van der Waals surface area (Å²) in [5, 5.41) is 0. The highest BCUT2D eigenvalue weighted by Crippen LogP contribution is 2.30. The molecular weight excluding hydrogens is 284 g/mol. The van der Waals surface area contributed by atoms with Crippen molar-refractivity contribution in [2.45, 2.75) is 45.6 Å². The standard InChI is InChI=1S/C13H25ClN2O2S/c1-11(2)12-6-8-15(10-12)19(17,18)16-7-4-3-5-13(16)9-14/h11-13H,3-10H2,1-2H3.